The highest BCUT2D eigenvalue weighted by Crippen LogP contribution is 2.32. The number of nitrogens with two attached hydrogens (primary N) is 1. The maximum atomic E-state index is 12.5. The van der Waals surface area contributed by atoms with Crippen molar-refractivity contribution in [1.29, 1.82) is 0 Å². The van der Waals surface area contributed by atoms with E-state index in [1.165, 1.54) is 5.69 Å². The normalized spacial score (nSPS) is 16.0. The molecule has 8 rings (SSSR count). The summed E-state index contributed by atoms with van der Waals surface area (Å²) in [7, 11) is 3.25. The number of hydrogen-bond acceptors (Lipinski definition) is 11. The van der Waals surface area contributed by atoms with Crippen LogP contribution in [-0.4, -0.2) is 128 Å². The van der Waals surface area contributed by atoms with Gasteiger partial charge in [0.25, 0.3) is 11.8 Å². The Labute approximate surface area is 393 Å². The Morgan fingerprint density at radius 2 is 1.15 bits per heavy atom. The number of carbonyl (C=O) groups excluding carboxylic acids is 2. The standard InChI is InChI=1S/C25H29Cl2N3O3.C25H32N4O3/c1-32-21-5-7-24-18(15-21)14-19(17-33-24)25(31)28-8-2-3-9-29-10-12-30(13-11-29)23-6-4-20(26)16-22(23)27;1-31-23-7-8-24-19(16-23)15-20(18-32-24)25(30)27-9-2-3-10-28-11-13-29(14-12-28)22-6-4-5-21(26)17-22/h4-7,14-16H,2-3,8-13,17H2,1H3,(H,28,31);4-8,15-17H,2-3,9-14,18,26H2,1H3,(H,27,30). The van der Waals surface area contributed by atoms with Gasteiger partial charge in [0.2, 0.25) is 0 Å². The number of hydrogen-bond donors (Lipinski definition) is 3. The first-order valence-corrected chi connectivity index (χ1v) is 23.3. The molecule has 4 heterocycles. The van der Waals surface area contributed by atoms with Crippen molar-refractivity contribution in [3.05, 3.63) is 111 Å². The molecule has 2 amide bonds. The number of anilines is 3. The van der Waals surface area contributed by atoms with Gasteiger partial charge in [-0.3, -0.25) is 19.4 Å². The van der Waals surface area contributed by atoms with Crippen LogP contribution in [0.3, 0.4) is 0 Å². The summed E-state index contributed by atoms with van der Waals surface area (Å²) in [6, 6.07) is 25.0. The average molecular weight is 927 g/mol. The molecule has 0 atom stereocenters. The Bertz CT molecular complexity index is 2310. The smallest absolute Gasteiger partial charge is 0.250 e. The van der Waals surface area contributed by atoms with E-state index in [1.807, 2.05) is 78.9 Å². The van der Waals surface area contributed by atoms with Crippen LogP contribution in [0.1, 0.15) is 36.8 Å². The van der Waals surface area contributed by atoms with Crippen LogP contribution in [0.15, 0.2) is 90.0 Å². The van der Waals surface area contributed by atoms with Crippen molar-refractivity contribution in [2.24, 2.45) is 0 Å². The number of benzene rings is 4. The molecule has 4 aliphatic heterocycles. The van der Waals surface area contributed by atoms with Gasteiger partial charge in [0.15, 0.2) is 0 Å². The fraction of sp³-hybridized carbons (Fsp3) is 0.400. The molecule has 4 aromatic carbocycles. The van der Waals surface area contributed by atoms with Gasteiger partial charge >= 0.3 is 0 Å². The summed E-state index contributed by atoms with van der Waals surface area (Å²) in [6.07, 6.45) is 7.76. The number of unbranched alkanes of at least 4 members (excludes halogenated alkanes) is 2. The molecule has 0 spiro atoms. The van der Waals surface area contributed by atoms with E-state index in [9.17, 15) is 9.59 Å². The number of halogens is 2. The molecule has 0 aliphatic carbocycles. The molecular weight excluding hydrogens is 865 g/mol. The number of fused-ring (bicyclic) bond motifs is 2. The van der Waals surface area contributed by atoms with Crippen molar-refractivity contribution in [3.8, 4) is 23.0 Å². The van der Waals surface area contributed by atoms with E-state index in [2.05, 4.69) is 36.3 Å². The molecule has 0 radical (unpaired) electrons. The Kier molecular flexibility index (Phi) is 17.2. The molecule has 0 unspecified atom stereocenters. The van der Waals surface area contributed by atoms with Crippen LogP contribution in [-0.2, 0) is 9.59 Å². The first-order valence-electron chi connectivity index (χ1n) is 22.5. The van der Waals surface area contributed by atoms with Crippen LogP contribution in [0.5, 0.6) is 23.0 Å². The predicted octanol–water partition coefficient (Wildman–Crippen LogP) is 7.27. The summed E-state index contributed by atoms with van der Waals surface area (Å²) in [4.78, 5) is 34.7. The highest BCUT2D eigenvalue weighted by molar-refractivity contribution is 6.36. The number of nitrogens with one attached hydrogen (secondary N) is 2. The predicted molar refractivity (Wildman–Crippen MR) is 262 cm³/mol. The number of methoxy groups -OCH3 is 2. The van der Waals surface area contributed by atoms with Gasteiger partial charge < -0.3 is 45.1 Å². The largest absolute Gasteiger partial charge is 0.497 e. The van der Waals surface area contributed by atoms with Gasteiger partial charge in [0.05, 0.1) is 36.1 Å². The first-order chi connectivity index (χ1) is 31.6. The minimum atomic E-state index is -0.0723. The highest BCUT2D eigenvalue weighted by atomic mass is 35.5. The quantitative estimate of drug-likeness (QED) is 0.0775. The van der Waals surface area contributed by atoms with E-state index in [4.69, 9.17) is 47.9 Å². The van der Waals surface area contributed by atoms with Gasteiger partial charge in [-0.05, 0) is 124 Å². The third kappa shape index (κ3) is 13.5. The SMILES string of the molecule is COc1ccc2c(c1)C=C(C(=O)NCCCCN1CCN(c3ccc(Cl)cc3Cl)CC1)CO2.COc1ccc2c(c1)C=C(C(=O)NCCCCN1CCN(c3cccc(N)c3)CC1)CO2. The fourth-order valence-electron chi connectivity index (χ4n) is 8.28. The lowest BCUT2D eigenvalue weighted by atomic mass is 10.1. The zero-order valence-corrected chi connectivity index (χ0v) is 39.0. The molecule has 0 bridgehead atoms. The molecule has 4 N–H and O–H groups in total. The fourth-order valence-corrected chi connectivity index (χ4v) is 8.81. The minimum Gasteiger partial charge on any atom is -0.497 e. The van der Waals surface area contributed by atoms with E-state index in [0.717, 1.165) is 137 Å². The monoisotopic (exact) mass is 925 g/mol. The maximum Gasteiger partial charge on any atom is 0.250 e. The third-order valence-electron chi connectivity index (χ3n) is 12.0. The Hall–Kier alpha value is -5.60. The summed E-state index contributed by atoms with van der Waals surface area (Å²) in [5.74, 6) is 2.90. The Morgan fingerprint density at radius 3 is 1.65 bits per heavy atom. The molecule has 0 aromatic heterocycles. The lowest BCUT2D eigenvalue weighted by molar-refractivity contribution is -0.118. The maximum absolute atomic E-state index is 12.5. The van der Waals surface area contributed by atoms with E-state index < -0.39 is 0 Å². The molecule has 0 saturated carbocycles. The lowest BCUT2D eigenvalue weighted by Crippen LogP contribution is -2.46. The molecule has 13 nitrogen and oxygen atoms in total. The molecule has 4 aromatic rings. The molecule has 15 heteroatoms. The van der Waals surface area contributed by atoms with Crippen LogP contribution in [0.2, 0.25) is 10.0 Å². The van der Waals surface area contributed by atoms with Gasteiger partial charge in [-0.2, -0.15) is 0 Å². The zero-order chi connectivity index (χ0) is 45.5. The second-order valence-electron chi connectivity index (χ2n) is 16.5. The van der Waals surface area contributed by atoms with Crippen LogP contribution in [0.4, 0.5) is 17.1 Å². The Balaban J connectivity index is 0.000000194. The Morgan fingerprint density at radius 1 is 0.631 bits per heavy atom. The number of amides is 2. The summed E-state index contributed by atoms with van der Waals surface area (Å²) in [6.45, 7) is 12.0. The summed E-state index contributed by atoms with van der Waals surface area (Å²) in [5.41, 5.74) is 12.0. The molecule has 65 heavy (non-hydrogen) atoms. The number of nitrogens with zero attached hydrogens (tertiary/aromatic N) is 4. The van der Waals surface area contributed by atoms with Gasteiger partial charge in [0, 0.05) is 93.0 Å². The van der Waals surface area contributed by atoms with Gasteiger partial charge in [0.1, 0.15) is 36.2 Å². The number of ether oxygens (including phenoxy) is 4. The number of piperazine rings is 2. The van der Waals surface area contributed by atoms with Gasteiger partial charge in [-0.15, -0.1) is 0 Å². The van der Waals surface area contributed by atoms with Crippen molar-refractivity contribution in [2.45, 2.75) is 25.7 Å². The second-order valence-corrected chi connectivity index (χ2v) is 17.3. The topological polar surface area (TPSA) is 134 Å². The minimum absolute atomic E-state index is 0.0609. The summed E-state index contributed by atoms with van der Waals surface area (Å²) in [5, 5.41) is 7.41. The van der Waals surface area contributed by atoms with Crippen molar-refractivity contribution in [1.82, 2.24) is 20.4 Å². The van der Waals surface area contributed by atoms with Gasteiger partial charge in [-0.25, -0.2) is 0 Å². The average Bonchev–Trinajstić information content (AvgIpc) is 3.33. The number of rotatable bonds is 16. The van der Waals surface area contributed by atoms with E-state index in [-0.39, 0.29) is 18.4 Å². The molecule has 346 valence electrons. The van der Waals surface area contributed by atoms with Crippen molar-refractivity contribution < 1.29 is 28.5 Å². The van der Waals surface area contributed by atoms with E-state index >= 15 is 0 Å². The zero-order valence-electron chi connectivity index (χ0n) is 37.5. The molecule has 2 saturated heterocycles. The van der Waals surface area contributed by atoms with Crippen LogP contribution in [0.25, 0.3) is 12.2 Å². The van der Waals surface area contributed by atoms with E-state index in [0.29, 0.717) is 40.9 Å². The first kappa shape index (κ1) is 47.4. The van der Waals surface area contributed by atoms with Crippen LogP contribution in [0, 0.1) is 0 Å². The highest BCUT2D eigenvalue weighted by Gasteiger charge is 2.22. The van der Waals surface area contributed by atoms with Crippen LogP contribution < -0.4 is 45.1 Å². The summed E-state index contributed by atoms with van der Waals surface area (Å²) >= 11 is 12.4. The number of carbonyl (C=O) groups is 2. The van der Waals surface area contributed by atoms with Crippen molar-refractivity contribution in [2.75, 3.05) is 122 Å². The lowest BCUT2D eigenvalue weighted by Gasteiger charge is -2.36. The number of nitrogen functional groups attached to an aromatic ring is 1. The third-order valence-corrected chi connectivity index (χ3v) is 12.6. The second kappa shape index (κ2) is 23.5. The van der Waals surface area contributed by atoms with Crippen molar-refractivity contribution in [3.63, 3.8) is 0 Å². The molecule has 2 fully saturated rings. The van der Waals surface area contributed by atoms with Gasteiger partial charge in [-0.1, -0.05) is 29.3 Å². The summed E-state index contributed by atoms with van der Waals surface area (Å²) < 4.78 is 21.9. The van der Waals surface area contributed by atoms with Crippen LogP contribution >= 0.6 is 23.2 Å². The van der Waals surface area contributed by atoms with Crippen molar-refractivity contribution >= 4 is 64.2 Å². The molecular formula is C50H61Cl2N7O6. The molecule has 4 aliphatic rings. The van der Waals surface area contributed by atoms with E-state index in [1.54, 1.807) is 20.3 Å².